The normalized spacial score (nSPS) is 17.0. The molecule has 0 fully saturated rings. The molecule has 3 rings (SSSR count). The van der Waals surface area contributed by atoms with Crippen molar-refractivity contribution in [3.05, 3.63) is 52.3 Å². The van der Waals surface area contributed by atoms with E-state index in [0.717, 1.165) is 16.8 Å². The van der Waals surface area contributed by atoms with E-state index < -0.39 is 12.0 Å². The molecule has 1 N–H and O–H groups in total. The fourth-order valence-electron chi connectivity index (χ4n) is 3.18. The zero-order valence-electron chi connectivity index (χ0n) is 13.4. The number of fused-ring (bicyclic) bond motifs is 1. The van der Waals surface area contributed by atoms with Crippen molar-refractivity contribution in [3.8, 4) is 0 Å². The summed E-state index contributed by atoms with van der Waals surface area (Å²) in [6.45, 7) is 3.90. The number of aryl methyl sites for hydroxylation is 2. The SMILES string of the molecule is Cc1nn(C)c(C)c1C(=O)N1Cc2ccccc2CC1C(=O)O. The first-order chi connectivity index (χ1) is 10.9. The second-order valence-corrected chi connectivity index (χ2v) is 5.93. The average molecular weight is 313 g/mol. The minimum atomic E-state index is -0.980. The first-order valence-electron chi connectivity index (χ1n) is 7.51. The summed E-state index contributed by atoms with van der Waals surface area (Å²) in [6, 6.07) is 6.81. The first-order valence-corrected chi connectivity index (χ1v) is 7.51. The van der Waals surface area contributed by atoms with Crippen LogP contribution in [-0.2, 0) is 24.8 Å². The number of carbonyl (C=O) groups is 2. The van der Waals surface area contributed by atoms with Gasteiger partial charge in [-0.25, -0.2) is 4.79 Å². The Bertz CT molecular complexity index is 794. The second kappa shape index (κ2) is 5.53. The zero-order valence-corrected chi connectivity index (χ0v) is 13.4. The number of rotatable bonds is 2. The van der Waals surface area contributed by atoms with Crippen molar-refractivity contribution in [1.29, 1.82) is 0 Å². The van der Waals surface area contributed by atoms with E-state index >= 15 is 0 Å². The molecule has 0 saturated carbocycles. The molecule has 0 saturated heterocycles. The van der Waals surface area contributed by atoms with E-state index in [1.807, 2.05) is 31.2 Å². The predicted octanol–water partition coefficient (Wildman–Crippen LogP) is 1.69. The molecule has 0 spiro atoms. The average Bonchev–Trinajstić information content (AvgIpc) is 2.78. The van der Waals surface area contributed by atoms with Gasteiger partial charge in [0.2, 0.25) is 0 Å². The van der Waals surface area contributed by atoms with Crippen LogP contribution in [0.5, 0.6) is 0 Å². The van der Waals surface area contributed by atoms with Gasteiger partial charge in [0.25, 0.3) is 5.91 Å². The third-order valence-corrected chi connectivity index (χ3v) is 4.52. The lowest BCUT2D eigenvalue weighted by molar-refractivity contribution is -0.142. The molecular formula is C17H19N3O3. The highest BCUT2D eigenvalue weighted by Gasteiger charge is 2.36. The van der Waals surface area contributed by atoms with Crippen LogP contribution in [0.1, 0.15) is 32.9 Å². The molecule has 6 heteroatoms. The summed E-state index contributed by atoms with van der Waals surface area (Å²) in [7, 11) is 1.78. The Morgan fingerprint density at radius 1 is 1.22 bits per heavy atom. The van der Waals surface area contributed by atoms with Gasteiger partial charge in [-0.1, -0.05) is 24.3 Å². The molecule has 1 atom stereocenters. The van der Waals surface area contributed by atoms with Gasteiger partial charge in [0.1, 0.15) is 6.04 Å². The summed E-state index contributed by atoms with van der Waals surface area (Å²) < 4.78 is 1.65. The van der Waals surface area contributed by atoms with Crippen molar-refractivity contribution >= 4 is 11.9 Å². The molecule has 1 amide bonds. The van der Waals surface area contributed by atoms with Gasteiger partial charge in [-0.05, 0) is 25.0 Å². The monoisotopic (exact) mass is 313 g/mol. The van der Waals surface area contributed by atoms with Crippen LogP contribution >= 0.6 is 0 Å². The molecule has 1 aliphatic heterocycles. The fraction of sp³-hybridized carbons (Fsp3) is 0.353. The van der Waals surface area contributed by atoms with E-state index in [4.69, 9.17) is 0 Å². The number of carboxylic acids is 1. The number of benzene rings is 1. The summed E-state index contributed by atoms with van der Waals surface area (Å²) in [4.78, 5) is 26.1. The van der Waals surface area contributed by atoms with Gasteiger partial charge in [-0.3, -0.25) is 9.48 Å². The minimum Gasteiger partial charge on any atom is -0.480 e. The molecule has 1 aromatic carbocycles. The summed E-state index contributed by atoms with van der Waals surface area (Å²) >= 11 is 0. The van der Waals surface area contributed by atoms with E-state index in [2.05, 4.69) is 5.10 Å². The lowest BCUT2D eigenvalue weighted by Gasteiger charge is -2.34. The van der Waals surface area contributed by atoms with Crippen molar-refractivity contribution in [1.82, 2.24) is 14.7 Å². The number of carbonyl (C=O) groups excluding carboxylic acids is 1. The second-order valence-electron chi connectivity index (χ2n) is 5.93. The third kappa shape index (κ3) is 2.50. The Balaban J connectivity index is 2.03. The van der Waals surface area contributed by atoms with Gasteiger partial charge in [-0.15, -0.1) is 0 Å². The summed E-state index contributed by atoms with van der Waals surface area (Å²) in [5.41, 5.74) is 3.85. The van der Waals surface area contributed by atoms with Gasteiger partial charge in [-0.2, -0.15) is 5.10 Å². The number of aromatic nitrogens is 2. The number of aliphatic carboxylic acids is 1. The van der Waals surface area contributed by atoms with Crippen LogP contribution in [-0.4, -0.2) is 37.7 Å². The smallest absolute Gasteiger partial charge is 0.326 e. The molecule has 6 nitrogen and oxygen atoms in total. The number of amides is 1. The maximum absolute atomic E-state index is 13.0. The van der Waals surface area contributed by atoms with Crippen molar-refractivity contribution in [2.45, 2.75) is 32.9 Å². The van der Waals surface area contributed by atoms with E-state index in [9.17, 15) is 14.7 Å². The van der Waals surface area contributed by atoms with Gasteiger partial charge < -0.3 is 10.0 Å². The molecular weight excluding hydrogens is 294 g/mol. The Morgan fingerprint density at radius 2 is 1.87 bits per heavy atom. The van der Waals surface area contributed by atoms with Crippen molar-refractivity contribution in [2.24, 2.45) is 7.05 Å². The first kappa shape index (κ1) is 15.3. The molecule has 2 aromatic rings. The Kier molecular flexibility index (Phi) is 3.67. The minimum absolute atomic E-state index is 0.269. The van der Waals surface area contributed by atoms with Gasteiger partial charge >= 0.3 is 5.97 Å². The largest absolute Gasteiger partial charge is 0.480 e. The van der Waals surface area contributed by atoms with Crippen LogP contribution in [0, 0.1) is 13.8 Å². The summed E-state index contributed by atoms with van der Waals surface area (Å²) in [6.07, 6.45) is 0.329. The Labute approximate surface area is 134 Å². The molecule has 1 aliphatic rings. The number of hydrogen-bond donors (Lipinski definition) is 1. The zero-order chi connectivity index (χ0) is 16.7. The topological polar surface area (TPSA) is 75.4 Å². The number of nitrogens with zero attached hydrogens (tertiary/aromatic N) is 3. The van der Waals surface area contributed by atoms with E-state index in [1.165, 1.54) is 4.90 Å². The molecule has 0 radical (unpaired) electrons. The van der Waals surface area contributed by atoms with Crippen LogP contribution in [0.15, 0.2) is 24.3 Å². The molecule has 23 heavy (non-hydrogen) atoms. The number of carboxylic acid groups (broad SMARTS) is 1. The lowest BCUT2D eigenvalue weighted by Crippen LogP contribution is -2.48. The van der Waals surface area contributed by atoms with Gasteiger partial charge in [0.15, 0.2) is 0 Å². The van der Waals surface area contributed by atoms with Crippen LogP contribution in [0.25, 0.3) is 0 Å². The predicted molar refractivity (Wildman–Crippen MR) is 84.1 cm³/mol. The van der Waals surface area contributed by atoms with Crippen LogP contribution in [0.3, 0.4) is 0 Å². The molecule has 120 valence electrons. The van der Waals surface area contributed by atoms with E-state index in [0.29, 0.717) is 24.2 Å². The maximum atomic E-state index is 13.0. The highest BCUT2D eigenvalue weighted by Crippen LogP contribution is 2.26. The van der Waals surface area contributed by atoms with Crippen LogP contribution in [0.4, 0.5) is 0 Å². The Hall–Kier alpha value is -2.63. The quantitative estimate of drug-likeness (QED) is 0.915. The standard InChI is InChI=1S/C17H19N3O3/c1-10-15(11(2)19(3)18-10)16(21)20-9-13-7-5-4-6-12(13)8-14(20)17(22)23/h4-7,14H,8-9H2,1-3H3,(H,22,23). The highest BCUT2D eigenvalue weighted by atomic mass is 16.4. The van der Waals surface area contributed by atoms with Crippen molar-refractivity contribution in [3.63, 3.8) is 0 Å². The third-order valence-electron chi connectivity index (χ3n) is 4.52. The maximum Gasteiger partial charge on any atom is 0.326 e. The van der Waals surface area contributed by atoms with E-state index in [1.54, 1.807) is 18.7 Å². The molecule has 2 heterocycles. The summed E-state index contributed by atoms with van der Waals surface area (Å²) in [5, 5.41) is 13.8. The highest BCUT2D eigenvalue weighted by molar-refractivity contribution is 5.98. The summed E-state index contributed by atoms with van der Waals surface area (Å²) in [5.74, 6) is -1.25. The van der Waals surface area contributed by atoms with Crippen LogP contribution < -0.4 is 0 Å². The lowest BCUT2D eigenvalue weighted by atomic mass is 9.93. The fourth-order valence-corrected chi connectivity index (χ4v) is 3.18. The molecule has 1 aromatic heterocycles. The number of hydrogen-bond acceptors (Lipinski definition) is 3. The van der Waals surface area contributed by atoms with Gasteiger partial charge in [0, 0.05) is 25.7 Å². The van der Waals surface area contributed by atoms with Crippen molar-refractivity contribution in [2.75, 3.05) is 0 Å². The van der Waals surface area contributed by atoms with Crippen LogP contribution in [0.2, 0.25) is 0 Å². The van der Waals surface area contributed by atoms with Crippen molar-refractivity contribution < 1.29 is 14.7 Å². The molecule has 1 unspecified atom stereocenters. The van der Waals surface area contributed by atoms with E-state index in [-0.39, 0.29) is 5.91 Å². The molecule has 0 bridgehead atoms. The van der Waals surface area contributed by atoms with Gasteiger partial charge in [0.05, 0.1) is 11.3 Å². The molecule has 0 aliphatic carbocycles. The Morgan fingerprint density at radius 3 is 2.43 bits per heavy atom.